The number of nitrogens with two attached hydrogens (primary N) is 1. The molecule has 2 N–H and O–H groups in total. The van der Waals surface area contributed by atoms with E-state index in [1.807, 2.05) is 0 Å². The second kappa shape index (κ2) is 3.71. The van der Waals surface area contributed by atoms with Crippen LogP contribution in [0, 0.1) is 0 Å². The minimum atomic E-state index is -0.0638. The standard InChI is InChI=1S/C10H16N2O2/c1-10(3-2-4-13-7-10)9-12-6-8(5-11)14-9/h6H,2-5,7,11H2,1H3. The smallest absolute Gasteiger partial charge is 0.202 e. The average Bonchev–Trinajstić information content (AvgIpc) is 2.67. The van der Waals surface area contributed by atoms with Crippen molar-refractivity contribution in [3.05, 3.63) is 17.8 Å². The molecule has 4 nitrogen and oxygen atoms in total. The van der Waals surface area contributed by atoms with E-state index < -0.39 is 0 Å². The quantitative estimate of drug-likeness (QED) is 0.772. The van der Waals surface area contributed by atoms with Gasteiger partial charge in [-0.2, -0.15) is 0 Å². The first-order valence-corrected chi connectivity index (χ1v) is 4.97. The molecular weight excluding hydrogens is 180 g/mol. The number of ether oxygens (including phenoxy) is 1. The summed E-state index contributed by atoms with van der Waals surface area (Å²) in [5.74, 6) is 1.50. The molecule has 14 heavy (non-hydrogen) atoms. The summed E-state index contributed by atoms with van der Waals surface area (Å²) in [4.78, 5) is 4.26. The van der Waals surface area contributed by atoms with Crippen LogP contribution in [0.25, 0.3) is 0 Å². The molecule has 0 spiro atoms. The van der Waals surface area contributed by atoms with Gasteiger partial charge in [0.05, 0.1) is 24.8 Å². The second-order valence-electron chi connectivity index (χ2n) is 4.05. The molecule has 0 aliphatic carbocycles. The molecule has 0 saturated carbocycles. The zero-order valence-electron chi connectivity index (χ0n) is 8.45. The van der Waals surface area contributed by atoms with E-state index in [2.05, 4.69) is 11.9 Å². The van der Waals surface area contributed by atoms with Crippen LogP contribution in [0.4, 0.5) is 0 Å². The largest absolute Gasteiger partial charge is 0.444 e. The van der Waals surface area contributed by atoms with E-state index in [0.717, 1.165) is 31.1 Å². The normalized spacial score (nSPS) is 27.9. The fourth-order valence-electron chi connectivity index (χ4n) is 1.78. The number of oxazole rings is 1. The third-order valence-corrected chi connectivity index (χ3v) is 2.71. The number of nitrogens with zero attached hydrogens (tertiary/aromatic N) is 1. The van der Waals surface area contributed by atoms with E-state index in [1.165, 1.54) is 0 Å². The monoisotopic (exact) mass is 196 g/mol. The van der Waals surface area contributed by atoms with Crippen LogP contribution in [0.15, 0.2) is 10.6 Å². The first-order valence-electron chi connectivity index (χ1n) is 4.97. The van der Waals surface area contributed by atoms with Gasteiger partial charge in [-0.05, 0) is 19.8 Å². The van der Waals surface area contributed by atoms with Gasteiger partial charge in [-0.25, -0.2) is 4.98 Å². The highest BCUT2D eigenvalue weighted by molar-refractivity contribution is 5.06. The van der Waals surface area contributed by atoms with Crippen LogP contribution in [-0.4, -0.2) is 18.2 Å². The maximum absolute atomic E-state index is 5.56. The first-order chi connectivity index (χ1) is 6.74. The minimum Gasteiger partial charge on any atom is -0.444 e. The lowest BCUT2D eigenvalue weighted by Crippen LogP contribution is -2.33. The van der Waals surface area contributed by atoms with Gasteiger partial charge in [0.2, 0.25) is 5.89 Å². The fraction of sp³-hybridized carbons (Fsp3) is 0.700. The lowest BCUT2D eigenvalue weighted by molar-refractivity contribution is 0.0302. The molecule has 78 valence electrons. The van der Waals surface area contributed by atoms with Crippen molar-refractivity contribution in [1.29, 1.82) is 0 Å². The van der Waals surface area contributed by atoms with E-state index in [1.54, 1.807) is 6.20 Å². The lowest BCUT2D eigenvalue weighted by Gasteiger charge is -2.30. The zero-order valence-corrected chi connectivity index (χ0v) is 8.45. The molecule has 1 aliphatic heterocycles. The summed E-state index contributed by atoms with van der Waals surface area (Å²) >= 11 is 0. The maximum atomic E-state index is 5.56. The van der Waals surface area contributed by atoms with Crippen molar-refractivity contribution in [2.75, 3.05) is 13.2 Å². The Morgan fingerprint density at radius 1 is 1.64 bits per heavy atom. The SMILES string of the molecule is CC1(c2ncc(CN)o2)CCCOC1. The van der Waals surface area contributed by atoms with Crippen LogP contribution in [0.2, 0.25) is 0 Å². The molecule has 1 aromatic heterocycles. The summed E-state index contributed by atoms with van der Waals surface area (Å²) in [6, 6.07) is 0. The predicted molar refractivity (Wildman–Crippen MR) is 51.8 cm³/mol. The Morgan fingerprint density at radius 3 is 3.07 bits per heavy atom. The lowest BCUT2D eigenvalue weighted by atomic mass is 9.85. The number of rotatable bonds is 2. The Balaban J connectivity index is 2.19. The van der Waals surface area contributed by atoms with Crippen LogP contribution in [0.3, 0.4) is 0 Å². The van der Waals surface area contributed by atoms with Gasteiger partial charge in [-0.15, -0.1) is 0 Å². The Bertz CT molecular complexity index is 303. The number of hydrogen-bond acceptors (Lipinski definition) is 4. The van der Waals surface area contributed by atoms with Crippen LogP contribution >= 0.6 is 0 Å². The molecule has 1 fully saturated rings. The number of hydrogen-bond donors (Lipinski definition) is 1. The van der Waals surface area contributed by atoms with Gasteiger partial charge < -0.3 is 14.9 Å². The van der Waals surface area contributed by atoms with Crippen molar-refractivity contribution in [3.8, 4) is 0 Å². The Hall–Kier alpha value is -0.870. The summed E-state index contributed by atoms with van der Waals surface area (Å²) in [6.07, 6.45) is 3.84. The molecule has 1 aliphatic rings. The highest BCUT2D eigenvalue weighted by atomic mass is 16.5. The molecular formula is C10H16N2O2. The van der Waals surface area contributed by atoms with Crippen molar-refractivity contribution >= 4 is 0 Å². The van der Waals surface area contributed by atoms with Crippen LogP contribution in [0.1, 0.15) is 31.4 Å². The van der Waals surface area contributed by atoms with Crippen molar-refractivity contribution in [2.24, 2.45) is 5.73 Å². The van der Waals surface area contributed by atoms with Gasteiger partial charge in [0, 0.05) is 6.61 Å². The Kier molecular flexibility index (Phi) is 2.56. The molecule has 0 bridgehead atoms. The Morgan fingerprint density at radius 2 is 2.50 bits per heavy atom. The van der Waals surface area contributed by atoms with Crippen molar-refractivity contribution in [2.45, 2.75) is 31.7 Å². The predicted octanol–water partition coefficient (Wildman–Crippen LogP) is 1.20. The molecule has 2 heterocycles. The van der Waals surface area contributed by atoms with Gasteiger partial charge in [0.1, 0.15) is 5.76 Å². The maximum Gasteiger partial charge on any atom is 0.202 e. The second-order valence-corrected chi connectivity index (χ2v) is 4.05. The van der Waals surface area contributed by atoms with Gasteiger partial charge in [-0.1, -0.05) is 0 Å². The molecule has 1 unspecified atom stereocenters. The molecule has 1 atom stereocenters. The van der Waals surface area contributed by atoms with Gasteiger partial charge in [-0.3, -0.25) is 0 Å². The molecule has 1 aromatic rings. The van der Waals surface area contributed by atoms with Crippen molar-refractivity contribution in [1.82, 2.24) is 4.98 Å². The van der Waals surface area contributed by atoms with Crippen molar-refractivity contribution < 1.29 is 9.15 Å². The van der Waals surface area contributed by atoms with Crippen molar-refractivity contribution in [3.63, 3.8) is 0 Å². The average molecular weight is 196 g/mol. The summed E-state index contributed by atoms with van der Waals surface area (Å²) in [7, 11) is 0. The minimum absolute atomic E-state index is 0.0638. The molecule has 0 amide bonds. The highest BCUT2D eigenvalue weighted by Gasteiger charge is 2.34. The first kappa shape index (κ1) is 9.68. The molecule has 4 heteroatoms. The van der Waals surface area contributed by atoms with Gasteiger partial charge >= 0.3 is 0 Å². The van der Waals surface area contributed by atoms with E-state index in [0.29, 0.717) is 13.2 Å². The zero-order chi connectivity index (χ0) is 10.0. The van der Waals surface area contributed by atoms with E-state index in [9.17, 15) is 0 Å². The Labute approximate surface area is 83.4 Å². The van der Waals surface area contributed by atoms with Crippen LogP contribution < -0.4 is 5.73 Å². The van der Waals surface area contributed by atoms with E-state index in [4.69, 9.17) is 14.9 Å². The van der Waals surface area contributed by atoms with Gasteiger partial charge in [0.25, 0.3) is 0 Å². The molecule has 2 rings (SSSR count). The summed E-state index contributed by atoms with van der Waals surface area (Å²) < 4.78 is 11.0. The fourth-order valence-corrected chi connectivity index (χ4v) is 1.78. The molecule has 0 aromatic carbocycles. The topological polar surface area (TPSA) is 61.3 Å². The number of aromatic nitrogens is 1. The highest BCUT2D eigenvalue weighted by Crippen LogP contribution is 2.31. The van der Waals surface area contributed by atoms with E-state index >= 15 is 0 Å². The summed E-state index contributed by atoms with van der Waals surface area (Å²) in [5, 5.41) is 0. The van der Waals surface area contributed by atoms with Gasteiger partial charge in [0.15, 0.2) is 0 Å². The third kappa shape index (κ3) is 1.67. The molecule has 1 saturated heterocycles. The van der Waals surface area contributed by atoms with Crippen LogP contribution in [-0.2, 0) is 16.7 Å². The third-order valence-electron chi connectivity index (χ3n) is 2.71. The summed E-state index contributed by atoms with van der Waals surface area (Å²) in [5.41, 5.74) is 5.41. The van der Waals surface area contributed by atoms with E-state index in [-0.39, 0.29) is 5.41 Å². The van der Waals surface area contributed by atoms with Crippen LogP contribution in [0.5, 0.6) is 0 Å². The molecule has 0 radical (unpaired) electrons. The summed E-state index contributed by atoms with van der Waals surface area (Å²) in [6.45, 7) is 4.07.